The van der Waals surface area contributed by atoms with Crippen molar-refractivity contribution in [1.29, 1.82) is 0 Å². The van der Waals surface area contributed by atoms with E-state index in [-0.39, 0.29) is 11.5 Å². The highest BCUT2D eigenvalue weighted by Crippen LogP contribution is 2.13. The summed E-state index contributed by atoms with van der Waals surface area (Å²) in [5, 5.41) is 1.46. The van der Waals surface area contributed by atoms with E-state index < -0.39 is 26.4 Å². The second kappa shape index (κ2) is 5.09. The Balaban J connectivity index is 4.46. The van der Waals surface area contributed by atoms with Gasteiger partial charge in [0, 0.05) is 18.2 Å². The van der Waals surface area contributed by atoms with Crippen molar-refractivity contribution >= 4 is 33.0 Å². The van der Waals surface area contributed by atoms with Crippen LogP contribution in [0.25, 0.3) is 0 Å². The monoisotopic (exact) mass is 266 g/mol. The standard InChI is InChI=1S/C9H18N2O3S2/c1-6(16(4,13)14)7(12)11-5-9(2,3)8(10)15/h6H,5H2,1-4H3,(H2,10,15)(H,11,12). The van der Waals surface area contributed by atoms with Gasteiger partial charge in [-0.1, -0.05) is 26.1 Å². The van der Waals surface area contributed by atoms with Crippen molar-refractivity contribution in [3.05, 3.63) is 0 Å². The number of rotatable bonds is 5. The smallest absolute Gasteiger partial charge is 0.238 e. The molecule has 1 atom stereocenters. The lowest BCUT2D eigenvalue weighted by Gasteiger charge is -2.24. The molecule has 0 aliphatic heterocycles. The second-order valence-corrected chi connectivity index (χ2v) is 7.24. The van der Waals surface area contributed by atoms with E-state index in [1.54, 1.807) is 13.8 Å². The lowest BCUT2D eigenvalue weighted by Crippen LogP contribution is -2.45. The zero-order valence-corrected chi connectivity index (χ0v) is 11.5. The van der Waals surface area contributed by atoms with Gasteiger partial charge in [0.1, 0.15) is 5.25 Å². The maximum absolute atomic E-state index is 11.5. The summed E-state index contributed by atoms with van der Waals surface area (Å²) in [5.41, 5.74) is 4.95. The number of hydrogen-bond acceptors (Lipinski definition) is 4. The van der Waals surface area contributed by atoms with Gasteiger partial charge in [-0.05, 0) is 6.92 Å². The zero-order chi connectivity index (χ0) is 13.1. The molecule has 0 fully saturated rings. The van der Waals surface area contributed by atoms with Crippen LogP contribution in [0.1, 0.15) is 20.8 Å². The van der Waals surface area contributed by atoms with E-state index in [1.807, 2.05) is 0 Å². The first-order chi connectivity index (χ1) is 6.98. The molecule has 0 aromatic heterocycles. The fraction of sp³-hybridized carbons (Fsp3) is 0.778. The van der Waals surface area contributed by atoms with Crippen LogP contribution >= 0.6 is 12.2 Å². The van der Waals surface area contributed by atoms with Gasteiger partial charge in [0.25, 0.3) is 0 Å². The first-order valence-corrected chi connectivity index (χ1v) is 7.11. The Bertz CT molecular complexity index is 388. The molecule has 7 heteroatoms. The summed E-state index contributed by atoms with van der Waals surface area (Å²) in [6.07, 6.45) is 1.02. The summed E-state index contributed by atoms with van der Waals surface area (Å²) < 4.78 is 22.2. The fourth-order valence-electron chi connectivity index (χ4n) is 0.733. The minimum absolute atomic E-state index is 0.223. The number of hydrogen-bond donors (Lipinski definition) is 2. The van der Waals surface area contributed by atoms with Crippen LogP contribution in [0.2, 0.25) is 0 Å². The molecule has 0 spiro atoms. The number of sulfone groups is 1. The summed E-state index contributed by atoms with van der Waals surface area (Å²) in [4.78, 5) is 11.8. The molecule has 0 saturated heterocycles. The second-order valence-electron chi connectivity index (χ2n) is 4.44. The molecular formula is C9H18N2O3S2. The lowest BCUT2D eigenvalue weighted by molar-refractivity contribution is -0.120. The first kappa shape index (κ1) is 15.3. The van der Waals surface area contributed by atoms with Crippen LogP contribution in [-0.2, 0) is 14.6 Å². The largest absolute Gasteiger partial charge is 0.393 e. The Morgan fingerprint density at radius 1 is 1.50 bits per heavy atom. The van der Waals surface area contributed by atoms with E-state index in [9.17, 15) is 13.2 Å². The van der Waals surface area contributed by atoms with Crippen LogP contribution < -0.4 is 11.1 Å². The highest BCUT2D eigenvalue weighted by atomic mass is 32.2. The molecule has 94 valence electrons. The van der Waals surface area contributed by atoms with Crippen LogP contribution in [0, 0.1) is 5.41 Å². The van der Waals surface area contributed by atoms with Gasteiger partial charge in [-0.3, -0.25) is 4.79 Å². The van der Waals surface area contributed by atoms with E-state index in [2.05, 4.69) is 5.32 Å². The molecule has 0 rings (SSSR count). The van der Waals surface area contributed by atoms with E-state index in [4.69, 9.17) is 18.0 Å². The topological polar surface area (TPSA) is 89.3 Å². The number of amides is 1. The van der Waals surface area contributed by atoms with Crippen LogP contribution in [0.3, 0.4) is 0 Å². The highest BCUT2D eigenvalue weighted by molar-refractivity contribution is 7.92. The van der Waals surface area contributed by atoms with Gasteiger partial charge >= 0.3 is 0 Å². The molecule has 0 aliphatic carbocycles. The molecule has 1 unspecified atom stereocenters. The first-order valence-electron chi connectivity index (χ1n) is 4.75. The summed E-state index contributed by atoms with van der Waals surface area (Å²) in [7, 11) is -3.37. The van der Waals surface area contributed by atoms with Gasteiger partial charge in [-0.2, -0.15) is 0 Å². The fourth-order valence-corrected chi connectivity index (χ4v) is 1.28. The van der Waals surface area contributed by atoms with E-state index in [0.717, 1.165) is 6.26 Å². The SMILES string of the molecule is CC(C(=O)NCC(C)(C)C(N)=S)S(C)(=O)=O. The predicted molar refractivity (Wildman–Crippen MR) is 67.9 cm³/mol. The highest BCUT2D eigenvalue weighted by Gasteiger charge is 2.27. The zero-order valence-electron chi connectivity index (χ0n) is 9.90. The Hall–Kier alpha value is -0.690. The third kappa shape index (κ3) is 4.44. The van der Waals surface area contributed by atoms with E-state index in [1.165, 1.54) is 6.92 Å². The van der Waals surface area contributed by atoms with Crippen molar-refractivity contribution in [2.45, 2.75) is 26.0 Å². The number of carbonyl (C=O) groups excluding carboxylic acids is 1. The van der Waals surface area contributed by atoms with Crippen molar-refractivity contribution in [2.75, 3.05) is 12.8 Å². The maximum Gasteiger partial charge on any atom is 0.238 e. The van der Waals surface area contributed by atoms with Gasteiger partial charge in [0.2, 0.25) is 5.91 Å². The van der Waals surface area contributed by atoms with Gasteiger partial charge in [-0.15, -0.1) is 0 Å². The molecule has 1 amide bonds. The minimum Gasteiger partial charge on any atom is -0.393 e. The number of carbonyl (C=O) groups is 1. The maximum atomic E-state index is 11.5. The van der Waals surface area contributed by atoms with E-state index in [0.29, 0.717) is 0 Å². The number of thiocarbonyl (C=S) groups is 1. The molecule has 0 radical (unpaired) electrons. The number of nitrogens with two attached hydrogens (primary N) is 1. The molecule has 0 aromatic rings. The Morgan fingerprint density at radius 3 is 2.25 bits per heavy atom. The number of nitrogens with one attached hydrogen (secondary N) is 1. The van der Waals surface area contributed by atoms with Crippen molar-refractivity contribution in [3.8, 4) is 0 Å². The van der Waals surface area contributed by atoms with Gasteiger partial charge < -0.3 is 11.1 Å². The molecule has 3 N–H and O–H groups in total. The molecule has 0 aromatic carbocycles. The van der Waals surface area contributed by atoms with Crippen LogP contribution in [-0.4, -0.2) is 37.4 Å². The quantitative estimate of drug-likeness (QED) is 0.675. The van der Waals surface area contributed by atoms with Gasteiger partial charge in [-0.25, -0.2) is 8.42 Å². The minimum atomic E-state index is -3.37. The average molecular weight is 266 g/mol. The Labute approximate surface area is 102 Å². The van der Waals surface area contributed by atoms with E-state index >= 15 is 0 Å². The molecule has 0 aliphatic rings. The van der Waals surface area contributed by atoms with Crippen molar-refractivity contribution in [3.63, 3.8) is 0 Å². The van der Waals surface area contributed by atoms with Crippen molar-refractivity contribution < 1.29 is 13.2 Å². The summed E-state index contributed by atoms with van der Waals surface area (Å²) in [6.45, 7) is 5.13. The molecular weight excluding hydrogens is 248 g/mol. The Kier molecular flexibility index (Phi) is 4.87. The molecule has 0 heterocycles. The van der Waals surface area contributed by atoms with Crippen molar-refractivity contribution in [2.24, 2.45) is 11.1 Å². The molecule has 0 bridgehead atoms. The summed E-state index contributed by atoms with van der Waals surface area (Å²) >= 11 is 4.83. The molecule has 0 saturated carbocycles. The summed E-state index contributed by atoms with van der Waals surface area (Å²) in [6, 6.07) is 0. The van der Waals surface area contributed by atoms with Crippen LogP contribution in [0.4, 0.5) is 0 Å². The van der Waals surface area contributed by atoms with Gasteiger partial charge in [0.05, 0.1) is 4.99 Å². The normalized spacial score (nSPS) is 14.2. The lowest BCUT2D eigenvalue weighted by atomic mass is 9.93. The third-order valence-corrected chi connectivity index (χ3v) is 4.43. The predicted octanol–water partition coefficient (Wildman–Crippen LogP) is -0.152. The van der Waals surface area contributed by atoms with Gasteiger partial charge in [0.15, 0.2) is 9.84 Å². The molecule has 16 heavy (non-hydrogen) atoms. The third-order valence-electron chi connectivity index (χ3n) is 2.38. The van der Waals surface area contributed by atoms with Crippen molar-refractivity contribution in [1.82, 2.24) is 5.32 Å². The van der Waals surface area contributed by atoms with Crippen LogP contribution in [0.5, 0.6) is 0 Å². The Morgan fingerprint density at radius 2 is 1.94 bits per heavy atom. The average Bonchev–Trinajstić information content (AvgIpc) is 2.11. The summed E-state index contributed by atoms with van der Waals surface area (Å²) in [5.74, 6) is -0.535. The molecule has 5 nitrogen and oxygen atoms in total. The van der Waals surface area contributed by atoms with Crippen LogP contribution in [0.15, 0.2) is 0 Å².